The van der Waals surface area contributed by atoms with Crippen LogP contribution >= 0.6 is 0 Å². The molecule has 0 atom stereocenters. The average molecular weight is 352 g/mol. The molecule has 3 aromatic rings. The zero-order valence-electron chi connectivity index (χ0n) is 16.0. The lowest BCUT2D eigenvalue weighted by molar-refractivity contribution is 0.213. The van der Waals surface area contributed by atoms with Gasteiger partial charge in [0.05, 0.1) is 16.6 Å². The van der Waals surface area contributed by atoms with E-state index in [4.69, 9.17) is 11.5 Å². The topological polar surface area (TPSA) is 89.6 Å². The van der Waals surface area contributed by atoms with Crippen molar-refractivity contribution < 1.29 is 5.21 Å². The molecule has 0 spiro atoms. The number of rotatable bonds is 5. The van der Waals surface area contributed by atoms with Crippen molar-refractivity contribution in [2.24, 2.45) is 21.9 Å². The third kappa shape index (κ3) is 3.62. The van der Waals surface area contributed by atoms with Gasteiger partial charge >= 0.3 is 0 Å². The molecule has 138 valence electrons. The number of nitrogens with two attached hydrogens (primary N) is 2. The van der Waals surface area contributed by atoms with Crippen LogP contribution in [0.25, 0.3) is 21.8 Å². The molecule has 26 heavy (non-hydrogen) atoms. The van der Waals surface area contributed by atoms with Crippen LogP contribution in [0.1, 0.15) is 39.7 Å². The van der Waals surface area contributed by atoms with Gasteiger partial charge in [-0.2, -0.15) is 4.73 Å². The molecule has 0 saturated heterocycles. The molecule has 0 fully saturated rings. The summed E-state index contributed by atoms with van der Waals surface area (Å²) in [5.41, 5.74) is 13.7. The van der Waals surface area contributed by atoms with Crippen LogP contribution in [0.2, 0.25) is 0 Å². The molecule has 1 heterocycles. The number of para-hydroxylation sites is 1. The summed E-state index contributed by atoms with van der Waals surface area (Å²) in [5.74, 6) is 0.128. The SMILES string of the molecule is CC(C)(Cc1ccc2c(c1)c1ccccc1n2O)CC(C)(C)N=C(N)N. The minimum absolute atomic E-state index is 0.0215. The number of aromatic nitrogens is 1. The van der Waals surface area contributed by atoms with Crippen LogP contribution in [0.5, 0.6) is 0 Å². The van der Waals surface area contributed by atoms with Gasteiger partial charge < -0.3 is 16.7 Å². The fourth-order valence-corrected chi connectivity index (χ4v) is 4.28. The number of benzene rings is 2. The Kier molecular flexibility index (Phi) is 4.34. The number of nitrogens with zero attached hydrogens (tertiary/aromatic N) is 2. The second-order valence-electron chi connectivity index (χ2n) is 8.55. The average Bonchev–Trinajstić information content (AvgIpc) is 2.77. The van der Waals surface area contributed by atoms with Gasteiger partial charge in [-0.3, -0.25) is 0 Å². The van der Waals surface area contributed by atoms with E-state index < -0.39 is 0 Å². The molecular formula is C21H28N4O. The van der Waals surface area contributed by atoms with Gasteiger partial charge in [0.2, 0.25) is 0 Å². The second-order valence-corrected chi connectivity index (χ2v) is 8.55. The van der Waals surface area contributed by atoms with Crippen LogP contribution in [0, 0.1) is 5.41 Å². The van der Waals surface area contributed by atoms with Gasteiger partial charge in [0, 0.05) is 10.8 Å². The van der Waals surface area contributed by atoms with Gasteiger partial charge in [0.25, 0.3) is 0 Å². The third-order valence-electron chi connectivity index (χ3n) is 4.74. The predicted octanol–water partition coefficient (Wildman–Crippen LogP) is 4.04. The first kappa shape index (κ1) is 18.1. The molecule has 0 saturated carbocycles. The molecule has 0 unspecified atom stereocenters. The summed E-state index contributed by atoms with van der Waals surface area (Å²) >= 11 is 0. The van der Waals surface area contributed by atoms with Crippen LogP contribution in [0.3, 0.4) is 0 Å². The van der Waals surface area contributed by atoms with E-state index in [1.807, 2.05) is 30.3 Å². The van der Waals surface area contributed by atoms with Gasteiger partial charge in [-0.1, -0.05) is 38.1 Å². The lowest BCUT2D eigenvalue weighted by Gasteiger charge is -2.32. The van der Waals surface area contributed by atoms with Crippen LogP contribution in [-0.4, -0.2) is 21.4 Å². The van der Waals surface area contributed by atoms with Crippen molar-refractivity contribution in [1.82, 2.24) is 4.73 Å². The highest BCUT2D eigenvalue weighted by molar-refractivity contribution is 6.07. The summed E-state index contributed by atoms with van der Waals surface area (Å²) in [6.07, 6.45) is 1.76. The Morgan fingerprint density at radius 3 is 2.35 bits per heavy atom. The molecule has 2 aromatic carbocycles. The number of fused-ring (bicyclic) bond motifs is 3. The molecule has 0 aliphatic heterocycles. The van der Waals surface area contributed by atoms with E-state index in [1.54, 1.807) is 0 Å². The van der Waals surface area contributed by atoms with Crippen molar-refractivity contribution in [2.75, 3.05) is 0 Å². The van der Waals surface area contributed by atoms with Crippen molar-refractivity contribution in [1.29, 1.82) is 0 Å². The molecule has 1 aromatic heterocycles. The number of hydrogen-bond acceptors (Lipinski definition) is 2. The molecular weight excluding hydrogens is 324 g/mol. The van der Waals surface area contributed by atoms with Gasteiger partial charge in [-0.05, 0) is 55.9 Å². The molecule has 3 rings (SSSR count). The van der Waals surface area contributed by atoms with Crippen LogP contribution < -0.4 is 11.5 Å². The minimum atomic E-state index is -0.312. The van der Waals surface area contributed by atoms with E-state index in [2.05, 4.69) is 44.8 Å². The maximum Gasteiger partial charge on any atom is 0.186 e. The molecule has 0 aliphatic rings. The van der Waals surface area contributed by atoms with Gasteiger partial charge in [-0.15, -0.1) is 0 Å². The molecule has 5 N–H and O–H groups in total. The zero-order chi connectivity index (χ0) is 19.1. The van der Waals surface area contributed by atoms with E-state index in [0.717, 1.165) is 34.6 Å². The van der Waals surface area contributed by atoms with E-state index in [9.17, 15) is 5.21 Å². The maximum atomic E-state index is 10.4. The maximum absolute atomic E-state index is 10.4. The molecule has 5 heteroatoms. The van der Waals surface area contributed by atoms with Crippen molar-refractivity contribution in [3.63, 3.8) is 0 Å². The van der Waals surface area contributed by atoms with E-state index in [-0.39, 0.29) is 16.9 Å². The van der Waals surface area contributed by atoms with Gasteiger partial charge in [0.1, 0.15) is 0 Å². The molecule has 5 nitrogen and oxygen atoms in total. The van der Waals surface area contributed by atoms with Gasteiger partial charge in [0.15, 0.2) is 5.96 Å². The molecule has 0 bridgehead atoms. The lowest BCUT2D eigenvalue weighted by Crippen LogP contribution is -2.33. The van der Waals surface area contributed by atoms with Crippen molar-refractivity contribution >= 4 is 27.8 Å². The fourth-order valence-electron chi connectivity index (χ4n) is 4.28. The van der Waals surface area contributed by atoms with E-state index in [1.165, 1.54) is 10.3 Å². The molecule has 0 aliphatic carbocycles. The first-order valence-corrected chi connectivity index (χ1v) is 8.90. The second kappa shape index (κ2) is 6.24. The van der Waals surface area contributed by atoms with Crippen LogP contribution in [0.15, 0.2) is 47.5 Å². The number of aliphatic imine (C=N–C) groups is 1. The summed E-state index contributed by atoms with van der Waals surface area (Å²) < 4.78 is 1.27. The third-order valence-corrected chi connectivity index (χ3v) is 4.74. The highest BCUT2D eigenvalue weighted by Crippen LogP contribution is 2.35. The highest BCUT2D eigenvalue weighted by Gasteiger charge is 2.29. The summed E-state index contributed by atoms with van der Waals surface area (Å²) in [5, 5.41) is 12.5. The summed E-state index contributed by atoms with van der Waals surface area (Å²) in [6, 6.07) is 14.2. The Morgan fingerprint density at radius 1 is 1.00 bits per heavy atom. The van der Waals surface area contributed by atoms with Crippen LogP contribution in [0.4, 0.5) is 0 Å². The Bertz CT molecular complexity index is 978. The van der Waals surface area contributed by atoms with Gasteiger partial charge in [-0.25, -0.2) is 4.99 Å². The number of hydrogen-bond donors (Lipinski definition) is 3. The first-order valence-electron chi connectivity index (χ1n) is 8.90. The van der Waals surface area contributed by atoms with E-state index in [0.29, 0.717) is 0 Å². The lowest BCUT2D eigenvalue weighted by atomic mass is 9.76. The highest BCUT2D eigenvalue weighted by atomic mass is 16.5. The number of guanidine groups is 1. The summed E-state index contributed by atoms with van der Waals surface area (Å²) in [7, 11) is 0. The zero-order valence-corrected chi connectivity index (χ0v) is 16.0. The molecule has 0 amide bonds. The summed E-state index contributed by atoms with van der Waals surface area (Å²) in [4.78, 5) is 4.37. The first-order chi connectivity index (χ1) is 12.1. The van der Waals surface area contributed by atoms with Crippen molar-refractivity contribution in [2.45, 2.75) is 46.1 Å². The van der Waals surface area contributed by atoms with E-state index >= 15 is 0 Å². The van der Waals surface area contributed by atoms with Crippen molar-refractivity contribution in [3.05, 3.63) is 48.0 Å². The quantitative estimate of drug-likeness (QED) is 0.368. The Balaban J connectivity index is 1.93. The van der Waals surface area contributed by atoms with Crippen molar-refractivity contribution in [3.8, 4) is 0 Å². The Morgan fingerprint density at radius 2 is 1.65 bits per heavy atom. The standard InChI is InChI=1S/C21H28N4O/c1-20(2,13-21(3,4)24-19(22)23)12-14-9-10-18-16(11-14)15-7-5-6-8-17(15)25(18)26/h5-11,26H,12-13H2,1-4H3,(H4,22,23,24). The Labute approximate surface area is 154 Å². The monoisotopic (exact) mass is 352 g/mol. The molecule has 0 radical (unpaired) electrons. The normalized spacial score (nSPS) is 12.6. The fraction of sp³-hybridized carbons (Fsp3) is 0.381. The smallest absolute Gasteiger partial charge is 0.186 e. The Hall–Kier alpha value is -2.69. The minimum Gasteiger partial charge on any atom is -0.428 e. The largest absolute Gasteiger partial charge is 0.428 e. The predicted molar refractivity (Wildman–Crippen MR) is 109 cm³/mol. The summed E-state index contributed by atoms with van der Waals surface area (Å²) in [6.45, 7) is 8.57. The van der Waals surface area contributed by atoms with Crippen LogP contribution in [-0.2, 0) is 6.42 Å².